The molecule has 0 N–H and O–H groups in total. The highest BCUT2D eigenvalue weighted by atomic mass is 35.5. The van der Waals surface area contributed by atoms with E-state index in [0.717, 1.165) is 12.1 Å². The van der Waals surface area contributed by atoms with Crippen LogP contribution in [0.25, 0.3) is 0 Å². The minimum atomic E-state index is -4.71. The maximum absolute atomic E-state index is 12.8. The normalized spacial score (nSPS) is 12.9. The van der Waals surface area contributed by atoms with Gasteiger partial charge >= 0.3 is 12.1 Å². The average Bonchev–Trinajstić information content (AvgIpc) is 2.36. The van der Waals surface area contributed by atoms with Crippen molar-refractivity contribution < 1.29 is 27.5 Å². The summed E-state index contributed by atoms with van der Waals surface area (Å²) >= 11 is 5.60. The van der Waals surface area contributed by atoms with Gasteiger partial charge in [0.2, 0.25) is 0 Å². The van der Waals surface area contributed by atoms with Crippen LogP contribution in [0, 0.1) is 0 Å². The summed E-state index contributed by atoms with van der Waals surface area (Å²) in [5, 5.41) is -0.901. The molecule has 0 amide bonds. The van der Waals surface area contributed by atoms with E-state index in [0.29, 0.717) is 6.07 Å². The molecular weight excluding hydrogens is 297 g/mol. The van der Waals surface area contributed by atoms with Crippen molar-refractivity contribution in [3.8, 4) is 0 Å². The highest BCUT2D eigenvalue weighted by molar-refractivity contribution is 6.33. The number of carbonyl (C=O) groups is 2. The fourth-order valence-corrected chi connectivity index (χ4v) is 1.68. The van der Waals surface area contributed by atoms with E-state index in [-0.39, 0.29) is 12.2 Å². The van der Waals surface area contributed by atoms with Gasteiger partial charge in [0.05, 0.1) is 23.1 Å². The van der Waals surface area contributed by atoms with Crippen molar-refractivity contribution in [3.63, 3.8) is 0 Å². The molecule has 1 rings (SSSR count). The standard InChI is InChI=1S/C13H12ClF3O3/c1-3-20-12(19)9-6-8(11(18)7(2)14)4-5-10(9)13(15,16)17/h4-7H,3H2,1-2H3. The fourth-order valence-electron chi connectivity index (χ4n) is 1.55. The fraction of sp³-hybridized carbons (Fsp3) is 0.385. The maximum atomic E-state index is 12.8. The van der Waals surface area contributed by atoms with Crippen LogP contribution in [0.5, 0.6) is 0 Å². The van der Waals surface area contributed by atoms with Crippen LogP contribution in [-0.2, 0) is 10.9 Å². The van der Waals surface area contributed by atoms with Crippen LogP contribution in [-0.4, -0.2) is 23.7 Å². The lowest BCUT2D eigenvalue weighted by Gasteiger charge is -2.13. The summed E-state index contributed by atoms with van der Waals surface area (Å²) < 4.78 is 43.0. The van der Waals surface area contributed by atoms with E-state index in [2.05, 4.69) is 4.74 Å². The van der Waals surface area contributed by atoms with Gasteiger partial charge in [0.15, 0.2) is 5.78 Å². The highest BCUT2D eigenvalue weighted by Gasteiger charge is 2.36. The SMILES string of the molecule is CCOC(=O)c1cc(C(=O)C(C)Cl)ccc1C(F)(F)F. The number of hydrogen-bond acceptors (Lipinski definition) is 3. The van der Waals surface area contributed by atoms with Gasteiger partial charge in [-0.3, -0.25) is 4.79 Å². The van der Waals surface area contributed by atoms with E-state index in [9.17, 15) is 22.8 Å². The quantitative estimate of drug-likeness (QED) is 0.484. The lowest BCUT2D eigenvalue weighted by Crippen LogP contribution is -2.18. The number of benzene rings is 1. The van der Waals surface area contributed by atoms with Crippen molar-refractivity contribution in [1.29, 1.82) is 0 Å². The molecule has 110 valence electrons. The van der Waals surface area contributed by atoms with Crippen LogP contribution < -0.4 is 0 Å². The first-order valence-corrected chi connectivity index (χ1v) is 6.18. The van der Waals surface area contributed by atoms with Gasteiger partial charge < -0.3 is 4.74 Å². The Morgan fingerprint density at radius 1 is 1.35 bits per heavy atom. The molecule has 1 atom stereocenters. The molecule has 0 saturated heterocycles. The monoisotopic (exact) mass is 308 g/mol. The third-order valence-corrected chi connectivity index (χ3v) is 2.66. The Morgan fingerprint density at radius 3 is 2.40 bits per heavy atom. The second kappa shape index (κ2) is 6.26. The lowest BCUT2D eigenvalue weighted by atomic mass is 10.00. The van der Waals surface area contributed by atoms with Gasteiger partial charge in [-0.1, -0.05) is 6.07 Å². The Kier molecular flexibility index (Phi) is 5.16. The smallest absolute Gasteiger partial charge is 0.417 e. The predicted molar refractivity (Wildman–Crippen MR) is 67.0 cm³/mol. The Bertz CT molecular complexity index is 524. The van der Waals surface area contributed by atoms with Gasteiger partial charge in [-0.15, -0.1) is 11.6 Å². The van der Waals surface area contributed by atoms with E-state index < -0.39 is 34.4 Å². The van der Waals surface area contributed by atoms with E-state index in [4.69, 9.17) is 11.6 Å². The molecule has 1 aromatic rings. The Labute approximate surface area is 118 Å². The third-order valence-electron chi connectivity index (χ3n) is 2.47. The summed E-state index contributed by atoms with van der Waals surface area (Å²) in [4.78, 5) is 23.3. The van der Waals surface area contributed by atoms with Gasteiger partial charge in [-0.25, -0.2) is 4.79 Å². The topological polar surface area (TPSA) is 43.4 Å². The van der Waals surface area contributed by atoms with Crippen molar-refractivity contribution in [2.75, 3.05) is 6.61 Å². The number of alkyl halides is 4. The molecule has 1 unspecified atom stereocenters. The largest absolute Gasteiger partial charge is 0.462 e. The van der Waals surface area contributed by atoms with Crippen LogP contribution in [0.15, 0.2) is 18.2 Å². The summed E-state index contributed by atoms with van der Waals surface area (Å²) in [5.74, 6) is -1.69. The molecule has 0 bridgehead atoms. The summed E-state index contributed by atoms with van der Waals surface area (Å²) in [5.41, 5.74) is -1.90. The molecule has 0 aliphatic carbocycles. The minimum Gasteiger partial charge on any atom is -0.462 e. The number of halogens is 4. The van der Waals surface area contributed by atoms with Crippen LogP contribution >= 0.6 is 11.6 Å². The van der Waals surface area contributed by atoms with Crippen molar-refractivity contribution in [3.05, 3.63) is 34.9 Å². The Balaban J connectivity index is 3.36. The molecule has 1 aromatic carbocycles. The van der Waals surface area contributed by atoms with Crippen molar-refractivity contribution in [2.24, 2.45) is 0 Å². The molecule has 0 fully saturated rings. The molecule has 0 heterocycles. The van der Waals surface area contributed by atoms with Crippen LogP contribution in [0.1, 0.15) is 40.1 Å². The molecule has 0 aliphatic heterocycles. The van der Waals surface area contributed by atoms with E-state index in [1.807, 2.05) is 0 Å². The zero-order valence-corrected chi connectivity index (χ0v) is 11.5. The van der Waals surface area contributed by atoms with Crippen molar-refractivity contribution in [2.45, 2.75) is 25.4 Å². The molecule has 0 radical (unpaired) electrons. The Hall–Kier alpha value is -1.56. The molecule has 3 nitrogen and oxygen atoms in total. The minimum absolute atomic E-state index is 0.0662. The zero-order valence-electron chi connectivity index (χ0n) is 10.8. The van der Waals surface area contributed by atoms with Gasteiger partial charge in [-0.05, 0) is 26.0 Å². The number of Topliss-reactive ketones (excluding diaryl/α,β-unsaturated/α-hetero) is 1. The molecule has 0 aliphatic rings. The number of carbonyl (C=O) groups excluding carboxylic acids is 2. The van der Waals surface area contributed by atoms with E-state index in [1.54, 1.807) is 0 Å². The number of hydrogen-bond donors (Lipinski definition) is 0. The molecule has 0 aromatic heterocycles. The summed E-state index contributed by atoms with van der Waals surface area (Å²) in [6.45, 7) is 2.80. The summed E-state index contributed by atoms with van der Waals surface area (Å²) in [6.07, 6.45) is -4.71. The number of ketones is 1. The average molecular weight is 309 g/mol. The second-order valence-electron chi connectivity index (χ2n) is 3.96. The first kappa shape index (κ1) is 16.5. The van der Waals surface area contributed by atoms with Crippen LogP contribution in [0.4, 0.5) is 13.2 Å². The zero-order chi connectivity index (χ0) is 15.5. The molecule has 0 saturated carbocycles. The second-order valence-corrected chi connectivity index (χ2v) is 4.61. The summed E-state index contributed by atoms with van der Waals surface area (Å²) in [6, 6.07) is 2.54. The molecule has 0 spiro atoms. The predicted octanol–water partition coefficient (Wildman–Crippen LogP) is 3.69. The highest BCUT2D eigenvalue weighted by Crippen LogP contribution is 2.33. The van der Waals surface area contributed by atoms with Crippen LogP contribution in [0.2, 0.25) is 0 Å². The molecule has 20 heavy (non-hydrogen) atoms. The number of rotatable bonds is 4. The summed E-state index contributed by atoms with van der Waals surface area (Å²) in [7, 11) is 0. The van der Waals surface area contributed by atoms with Crippen molar-refractivity contribution in [1.82, 2.24) is 0 Å². The molecular formula is C13H12ClF3O3. The van der Waals surface area contributed by atoms with E-state index >= 15 is 0 Å². The van der Waals surface area contributed by atoms with Gasteiger partial charge in [-0.2, -0.15) is 13.2 Å². The lowest BCUT2D eigenvalue weighted by molar-refractivity contribution is -0.138. The maximum Gasteiger partial charge on any atom is 0.417 e. The number of esters is 1. The third kappa shape index (κ3) is 3.72. The first-order chi connectivity index (χ1) is 9.18. The molecule has 7 heteroatoms. The van der Waals surface area contributed by atoms with Crippen molar-refractivity contribution >= 4 is 23.4 Å². The van der Waals surface area contributed by atoms with E-state index in [1.165, 1.54) is 13.8 Å². The van der Waals surface area contributed by atoms with Crippen LogP contribution in [0.3, 0.4) is 0 Å². The Morgan fingerprint density at radius 2 is 1.95 bits per heavy atom. The number of ether oxygens (including phenoxy) is 1. The first-order valence-electron chi connectivity index (χ1n) is 5.75. The van der Waals surface area contributed by atoms with Gasteiger partial charge in [0.1, 0.15) is 0 Å². The van der Waals surface area contributed by atoms with Gasteiger partial charge in [0.25, 0.3) is 0 Å². The van der Waals surface area contributed by atoms with Gasteiger partial charge in [0, 0.05) is 5.56 Å².